The number of thiazole rings is 1. The Morgan fingerprint density at radius 1 is 1.64 bits per heavy atom. The van der Waals surface area contributed by atoms with Crippen molar-refractivity contribution in [2.45, 2.75) is 13.3 Å². The lowest BCUT2D eigenvalue weighted by atomic mass is 10.3. The van der Waals surface area contributed by atoms with Gasteiger partial charge in [0, 0.05) is 17.5 Å². The van der Waals surface area contributed by atoms with Gasteiger partial charge in [0.2, 0.25) is 0 Å². The molecule has 0 saturated carbocycles. The molecule has 0 bridgehead atoms. The molecule has 0 N–H and O–H groups in total. The van der Waals surface area contributed by atoms with Crippen molar-refractivity contribution in [3.05, 3.63) is 29.5 Å². The van der Waals surface area contributed by atoms with Crippen LogP contribution in [0.3, 0.4) is 0 Å². The molecule has 0 aliphatic carbocycles. The molecule has 0 aliphatic rings. The van der Waals surface area contributed by atoms with E-state index in [4.69, 9.17) is 4.42 Å². The summed E-state index contributed by atoms with van der Waals surface area (Å²) in [5.41, 5.74) is 0. The third kappa shape index (κ3) is 1.90. The maximum Gasteiger partial charge on any atom is 0.162 e. The van der Waals surface area contributed by atoms with Gasteiger partial charge in [-0.3, -0.25) is 4.79 Å². The zero-order valence-corrected chi connectivity index (χ0v) is 8.50. The molecule has 3 nitrogen and oxygen atoms in total. The molecule has 14 heavy (non-hydrogen) atoms. The quantitative estimate of drug-likeness (QED) is 0.776. The predicted molar refractivity (Wildman–Crippen MR) is 54.2 cm³/mol. The molecule has 0 spiro atoms. The minimum absolute atomic E-state index is 0.152. The first kappa shape index (κ1) is 9.15. The summed E-state index contributed by atoms with van der Waals surface area (Å²) in [6, 6.07) is 3.68. The van der Waals surface area contributed by atoms with Gasteiger partial charge >= 0.3 is 0 Å². The number of Topliss-reactive ketones (excluding diaryl/α,β-unsaturated/α-hetero) is 1. The van der Waals surface area contributed by atoms with Crippen LogP contribution in [-0.2, 0) is 11.2 Å². The van der Waals surface area contributed by atoms with Crippen LogP contribution in [0.5, 0.6) is 0 Å². The molecule has 72 valence electrons. The summed E-state index contributed by atoms with van der Waals surface area (Å²) in [5.74, 6) is 0.907. The number of rotatable bonds is 3. The molecule has 2 rings (SSSR count). The van der Waals surface area contributed by atoms with Crippen LogP contribution in [0.4, 0.5) is 0 Å². The Kier molecular flexibility index (Phi) is 2.45. The molecule has 0 amide bonds. The minimum atomic E-state index is 0.152. The van der Waals surface area contributed by atoms with Gasteiger partial charge < -0.3 is 4.42 Å². The lowest BCUT2D eigenvalue weighted by Gasteiger charge is -1.87. The molecule has 0 unspecified atom stereocenters. The van der Waals surface area contributed by atoms with Crippen molar-refractivity contribution in [2.24, 2.45) is 0 Å². The van der Waals surface area contributed by atoms with E-state index in [2.05, 4.69) is 4.98 Å². The first-order valence-corrected chi connectivity index (χ1v) is 5.05. The van der Waals surface area contributed by atoms with Crippen LogP contribution in [-0.4, -0.2) is 10.8 Å². The average Bonchev–Trinajstić information content (AvgIpc) is 2.69. The van der Waals surface area contributed by atoms with Crippen molar-refractivity contribution in [3.63, 3.8) is 0 Å². The zero-order chi connectivity index (χ0) is 9.97. The van der Waals surface area contributed by atoms with Crippen molar-refractivity contribution >= 4 is 17.1 Å². The topological polar surface area (TPSA) is 43.1 Å². The summed E-state index contributed by atoms with van der Waals surface area (Å²) in [6.45, 7) is 1.58. The van der Waals surface area contributed by atoms with E-state index in [1.807, 2.05) is 12.1 Å². The number of hydrogen-bond acceptors (Lipinski definition) is 4. The van der Waals surface area contributed by atoms with Crippen molar-refractivity contribution in [1.82, 2.24) is 4.98 Å². The molecule has 0 fully saturated rings. The molecule has 2 aromatic heterocycles. The molecule has 0 atom stereocenters. The van der Waals surface area contributed by atoms with Gasteiger partial charge in [0.15, 0.2) is 10.8 Å². The Balaban J connectivity index is 2.22. The van der Waals surface area contributed by atoms with Gasteiger partial charge in [-0.15, -0.1) is 11.3 Å². The van der Waals surface area contributed by atoms with Crippen LogP contribution in [0.2, 0.25) is 0 Å². The van der Waals surface area contributed by atoms with Gasteiger partial charge in [-0.2, -0.15) is 0 Å². The fourth-order valence-corrected chi connectivity index (χ4v) is 2.10. The van der Waals surface area contributed by atoms with E-state index in [1.54, 1.807) is 19.4 Å². The number of aromatic nitrogens is 1. The van der Waals surface area contributed by atoms with Crippen LogP contribution < -0.4 is 0 Å². The van der Waals surface area contributed by atoms with E-state index in [0.29, 0.717) is 6.42 Å². The normalized spacial score (nSPS) is 10.4. The van der Waals surface area contributed by atoms with E-state index >= 15 is 0 Å². The molecular formula is C10H9NO2S. The highest BCUT2D eigenvalue weighted by Crippen LogP contribution is 2.25. The summed E-state index contributed by atoms with van der Waals surface area (Å²) in [6.07, 6.45) is 3.80. The molecule has 0 radical (unpaired) electrons. The summed E-state index contributed by atoms with van der Waals surface area (Å²) in [7, 11) is 0. The molecular weight excluding hydrogens is 198 g/mol. The summed E-state index contributed by atoms with van der Waals surface area (Å²) < 4.78 is 5.20. The molecule has 2 heterocycles. The lowest BCUT2D eigenvalue weighted by molar-refractivity contribution is -0.116. The van der Waals surface area contributed by atoms with Gasteiger partial charge in [-0.1, -0.05) is 0 Å². The lowest BCUT2D eigenvalue weighted by Crippen LogP contribution is -1.92. The fraction of sp³-hybridized carbons (Fsp3) is 0.200. The van der Waals surface area contributed by atoms with Gasteiger partial charge in [0.1, 0.15) is 5.78 Å². The maximum atomic E-state index is 10.9. The first-order chi connectivity index (χ1) is 6.75. The number of hydrogen-bond donors (Lipinski definition) is 0. The Morgan fingerprint density at radius 2 is 2.50 bits per heavy atom. The number of furan rings is 1. The highest BCUT2D eigenvalue weighted by molar-refractivity contribution is 7.15. The van der Waals surface area contributed by atoms with E-state index in [0.717, 1.165) is 15.6 Å². The van der Waals surface area contributed by atoms with E-state index < -0.39 is 0 Å². The molecule has 2 aromatic rings. The summed E-state index contributed by atoms with van der Waals surface area (Å²) in [4.78, 5) is 16.0. The third-order valence-electron chi connectivity index (χ3n) is 1.71. The van der Waals surface area contributed by atoms with Gasteiger partial charge in [-0.05, 0) is 19.1 Å². The average molecular weight is 207 g/mol. The first-order valence-electron chi connectivity index (χ1n) is 4.24. The second kappa shape index (κ2) is 3.75. The second-order valence-corrected chi connectivity index (χ2v) is 4.10. The molecule has 0 aromatic carbocycles. The summed E-state index contributed by atoms with van der Waals surface area (Å²) >= 11 is 1.49. The van der Waals surface area contributed by atoms with E-state index in [1.165, 1.54) is 11.3 Å². The second-order valence-electron chi connectivity index (χ2n) is 2.99. The van der Waals surface area contributed by atoms with Crippen LogP contribution in [0.25, 0.3) is 10.8 Å². The Bertz CT molecular complexity index is 431. The van der Waals surface area contributed by atoms with Crippen LogP contribution in [0, 0.1) is 0 Å². The van der Waals surface area contributed by atoms with E-state index in [9.17, 15) is 4.79 Å². The highest BCUT2D eigenvalue weighted by Gasteiger charge is 2.07. The smallest absolute Gasteiger partial charge is 0.162 e. The monoisotopic (exact) mass is 207 g/mol. The van der Waals surface area contributed by atoms with Crippen LogP contribution in [0.1, 0.15) is 11.8 Å². The Labute approximate surface area is 85.4 Å². The fourth-order valence-electron chi connectivity index (χ4n) is 1.15. The van der Waals surface area contributed by atoms with Crippen molar-refractivity contribution < 1.29 is 9.21 Å². The summed E-state index contributed by atoms with van der Waals surface area (Å²) in [5, 5.41) is 0.825. The number of nitrogens with zero attached hydrogens (tertiary/aromatic N) is 1. The standard InChI is InChI=1S/C10H9NO2S/c1-7(12)5-8-6-11-10(14-8)9-3-2-4-13-9/h2-4,6H,5H2,1H3. The SMILES string of the molecule is CC(=O)Cc1cnc(-c2ccco2)s1. The highest BCUT2D eigenvalue weighted by atomic mass is 32.1. The Morgan fingerprint density at radius 3 is 3.14 bits per heavy atom. The van der Waals surface area contributed by atoms with Gasteiger partial charge in [0.25, 0.3) is 0 Å². The van der Waals surface area contributed by atoms with Crippen LogP contribution >= 0.6 is 11.3 Å². The van der Waals surface area contributed by atoms with Crippen molar-refractivity contribution in [1.29, 1.82) is 0 Å². The maximum absolute atomic E-state index is 10.9. The number of carbonyl (C=O) groups excluding carboxylic acids is 1. The molecule has 0 aliphatic heterocycles. The number of ketones is 1. The van der Waals surface area contributed by atoms with Crippen molar-refractivity contribution in [3.8, 4) is 10.8 Å². The Hall–Kier alpha value is -1.42. The largest absolute Gasteiger partial charge is 0.462 e. The van der Waals surface area contributed by atoms with Crippen molar-refractivity contribution in [2.75, 3.05) is 0 Å². The van der Waals surface area contributed by atoms with Crippen LogP contribution in [0.15, 0.2) is 29.0 Å². The molecule has 0 saturated heterocycles. The zero-order valence-electron chi connectivity index (χ0n) is 7.69. The van der Waals surface area contributed by atoms with Gasteiger partial charge in [-0.25, -0.2) is 4.98 Å². The minimum Gasteiger partial charge on any atom is -0.462 e. The number of carbonyl (C=O) groups is 1. The third-order valence-corrected chi connectivity index (χ3v) is 2.72. The predicted octanol–water partition coefficient (Wildman–Crippen LogP) is 2.53. The van der Waals surface area contributed by atoms with E-state index in [-0.39, 0.29) is 5.78 Å². The van der Waals surface area contributed by atoms with Gasteiger partial charge in [0.05, 0.1) is 6.26 Å². The molecule has 4 heteroatoms.